The van der Waals surface area contributed by atoms with Gasteiger partial charge in [-0.05, 0) is 32.9 Å². The summed E-state index contributed by atoms with van der Waals surface area (Å²) in [5, 5.41) is 6.50. The minimum Gasteiger partial charge on any atom is -0.343 e. The molecule has 0 saturated heterocycles. The molecule has 118 valence electrons. The number of aryl methyl sites for hydroxylation is 2. The van der Waals surface area contributed by atoms with Crippen molar-refractivity contribution in [3.63, 3.8) is 0 Å². The zero-order valence-electron chi connectivity index (χ0n) is 13.0. The Hall–Kier alpha value is -2.12. The quantitative estimate of drug-likeness (QED) is 0.782. The summed E-state index contributed by atoms with van der Waals surface area (Å²) >= 11 is 3.03. The molecular weight excluding hydrogens is 328 g/mol. The lowest BCUT2D eigenvalue weighted by molar-refractivity contribution is 0.0936. The van der Waals surface area contributed by atoms with Crippen LogP contribution in [0.2, 0.25) is 0 Å². The maximum atomic E-state index is 12.4. The molecule has 3 heterocycles. The molecule has 0 bridgehead atoms. The van der Waals surface area contributed by atoms with Gasteiger partial charge in [0.25, 0.3) is 5.91 Å². The van der Waals surface area contributed by atoms with E-state index in [4.69, 9.17) is 0 Å². The Balaban J connectivity index is 1.74. The van der Waals surface area contributed by atoms with Crippen LogP contribution in [-0.4, -0.2) is 20.9 Å². The van der Waals surface area contributed by atoms with E-state index in [1.54, 1.807) is 22.9 Å². The molecule has 3 rings (SSSR count). The Morgan fingerprint density at radius 3 is 2.74 bits per heavy atom. The van der Waals surface area contributed by atoms with Gasteiger partial charge in [0.05, 0.1) is 22.4 Å². The zero-order chi connectivity index (χ0) is 16.4. The van der Waals surface area contributed by atoms with Crippen molar-refractivity contribution in [2.45, 2.75) is 26.8 Å². The highest BCUT2D eigenvalue weighted by molar-refractivity contribution is 7.13. The van der Waals surface area contributed by atoms with Crippen LogP contribution in [0.1, 0.15) is 39.0 Å². The van der Waals surface area contributed by atoms with Gasteiger partial charge in [0.2, 0.25) is 0 Å². The van der Waals surface area contributed by atoms with E-state index in [9.17, 15) is 4.79 Å². The first kappa shape index (κ1) is 15.8. The number of amides is 1. The first-order valence-corrected chi connectivity index (χ1v) is 8.86. The molecule has 0 radical (unpaired) electrons. The molecule has 1 amide bonds. The number of hydrogen-bond acceptors (Lipinski definition) is 6. The van der Waals surface area contributed by atoms with E-state index in [1.807, 2.05) is 39.0 Å². The summed E-state index contributed by atoms with van der Waals surface area (Å²) < 4.78 is 0. The van der Waals surface area contributed by atoms with E-state index in [-0.39, 0.29) is 11.9 Å². The predicted octanol–water partition coefficient (Wildman–Crippen LogP) is 3.77. The average Bonchev–Trinajstić information content (AvgIpc) is 3.15. The van der Waals surface area contributed by atoms with Gasteiger partial charge in [-0.25, -0.2) is 9.97 Å². The van der Waals surface area contributed by atoms with Crippen LogP contribution in [0.5, 0.6) is 0 Å². The van der Waals surface area contributed by atoms with Gasteiger partial charge >= 0.3 is 0 Å². The highest BCUT2D eigenvalue weighted by Crippen LogP contribution is 2.25. The van der Waals surface area contributed by atoms with E-state index >= 15 is 0 Å². The molecule has 0 saturated carbocycles. The molecule has 3 aromatic rings. The average molecular weight is 344 g/mol. The summed E-state index contributed by atoms with van der Waals surface area (Å²) in [6.45, 7) is 5.89. The van der Waals surface area contributed by atoms with E-state index in [1.165, 1.54) is 11.3 Å². The third kappa shape index (κ3) is 3.46. The Morgan fingerprint density at radius 2 is 2.09 bits per heavy atom. The van der Waals surface area contributed by atoms with Crippen LogP contribution in [0.25, 0.3) is 10.7 Å². The molecule has 3 aromatic heterocycles. The number of nitrogens with zero attached hydrogens (tertiary/aromatic N) is 3. The molecule has 0 spiro atoms. The van der Waals surface area contributed by atoms with E-state index in [0.717, 1.165) is 26.3 Å². The Morgan fingerprint density at radius 1 is 1.26 bits per heavy atom. The van der Waals surface area contributed by atoms with Crippen molar-refractivity contribution in [2.75, 3.05) is 0 Å². The molecule has 0 aliphatic rings. The molecule has 1 unspecified atom stereocenters. The van der Waals surface area contributed by atoms with Crippen LogP contribution < -0.4 is 5.32 Å². The fourth-order valence-corrected chi connectivity index (χ4v) is 3.98. The summed E-state index contributed by atoms with van der Waals surface area (Å²) in [6.07, 6.45) is 1.72. The molecule has 0 aliphatic carbocycles. The number of hydrogen-bond donors (Lipinski definition) is 1. The monoisotopic (exact) mass is 344 g/mol. The van der Waals surface area contributed by atoms with Crippen molar-refractivity contribution in [2.24, 2.45) is 0 Å². The molecule has 5 nitrogen and oxygen atoms in total. The molecule has 1 atom stereocenters. The van der Waals surface area contributed by atoms with E-state index < -0.39 is 0 Å². The predicted molar refractivity (Wildman–Crippen MR) is 92.8 cm³/mol. The summed E-state index contributed by atoms with van der Waals surface area (Å²) in [6, 6.07) is 5.55. The Kier molecular flexibility index (Phi) is 4.49. The van der Waals surface area contributed by atoms with Gasteiger partial charge in [0.1, 0.15) is 10.7 Å². The van der Waals surface area contributed by atoms with Crippen molar-refractivity contribution in [1.82, 2.24) is 20.3 Å². The Labute approximate surface area is 142 Å². The lowest BCUT2D eigenvalue weighted by atomic mass is 10.2. The molecule has 0 aromatic carbocycles. The second-order valence-electron chi connectivity index (χ2n) is 5.13. The largest absolute Gasteiger partial charge is 0.343 e. The summed E-state index contributed by atoms with van der Waals surface area (Å²) in [7, 11) is 0. The fraction of sp³-hybridized carbons (Fsp3) is 0.250. The van der Waals surface area contributed by atoms with Gasteiger partial charge in [-0.3, -0.25) is 9.78 Å². The number of pyridine rings is 1. The van der Waals surface area contributed by atoms with Gasteiger partial charge in [0, 0.05) is 16.5 Å². The van der Waals surface area contributed by atoms with Gasteiger partial charge in [-0.1, -0.05) is 6.07 Å². The lowest BCUT2D eigenvalue weighted by Gasteiger charge is -2.11. The minimum atomic E-state index is -0.179. The second kappa shape index (κ2) is 6.55. The third-order valence-corrected chi connectivity index (χ3v) is 5.42. The van der Waals surface area contributed by atoms with Crippen molar-refractivity contribution >= 4 is 28.6 Å². The van der Waals surface area contributed by atoms with Crippen molar-refractivity contribution in [1.29, 1.82) is 0 Å². The van der Waals surface area contributed by atoms with Crippen LogP contribution in [-0.2, 0) is 0 Å². The molecule has 0 fully saturated rings. The van der Waals surface area contributed by atoms with Crippen LogP contribution in [0.4, 0.5) is 0 Å². The van der Waals surface area contributed by atoms with Crippen molar-refractivity contribution in [3.05, 3.63) is 51.0 Å². The number of rotatable bonds is 4. The van der Waals surface area contributed by atoms with Crippen LogP contribution in [0.3, 0.4) is 0 Å². The number of aromatic nitrogens is 3. The van der Waals surface area contributed by atoms with Crippen LogP contribution in [0.15, 0.2) is 29.8 Å². The second-order valence-corrected chi connectivity index (χ2v) is 7.22. The lowest BCUT2D eigenvalue weighted by Crippen LogP contribution is -2.26. The van der Waals surface area contributed by atoms with Crippen LogP contribution >= 0.6 is 22.7 Å². The molecule has 0 aliphatic heterocycles. The summed E-state index contributed by atoms with van der Waals surface area (Å²) in [5.74, 6) is -0.179. The molecular formula is C16H16N4OS2. The maximum Gasteiger partial charge on any atom is 0.271 e. The van der Waals surface area contributed by atoms with Crippen molar-refractivity contribution < 1.29 is 4.79 Å². The topological polar surface area (TPSA) is 67.8 Å². The fourth-order valence-electron chi connectivity index (χ4n) is 2.27. The van der Waals surface area contributed by atoms with Gasteiger partial charge in [0.15, 0.2) is 0 Å². The van der Waals surface area contributed by atoms with Gasteiger partial charge in [-0.2, -0.15) is 0 Å². The first-order valence-electron chi connectivity index (χ1n) is 7.16. The SMILES string of the molecule is Cc1nc(C)c(C(C)NC(=O)c2csc(-c3ccccn3)n2)s1. The first-order chi connectivity index (χ1) is 11.0. The maximum absolute atomic E-state index is 12.4. The van der Waals surface area contributed by atoms with Gasteiger partial charge in [-0.15, -0.1) is 22.7 Å². The summed E-state index contributed by atoms with van der Waals surface area (Å²) in [5.41, 5.74) is 2.16. The number of nitrogens with one attached hydrogen (secondary N) is 1. The zero-order valence-corrected chi connectivity index (χ0v) is 14.7. The molecule has 23 heavy (non-hydrogen) atoms. The smallest absolute Gasteiger partial charge is 0.271 e. The van der Waals surface area contributed by atoms with Crippen LogP contribution in [0, 0.1) is 13.8 Å². The summed E-state index contributed by atoms with van der Waals surface area (Å²) in [4.78, 5) is 26.5. The standard InChI is InChI=1S/C16H16N4OS2/c1-9-14(23-11(3)18-9)10(2)19-15(21)13-8-22-16(20-13)12-6-4-5-7-17-12/h4-8,10H,1-3H3,(H,19,21). The number of carbonyl (C=O) groups is 1. The minimum absolute atomic E-state index is 0.0892. The number of thiazole rings is 2. The van der Waals surface area contributed by atoms with Gasteiger partial charge < -0.3 is 5.32 Å². The third-order valence-electron chi connectivity index (χ3n) is 3.30. The highest BCUT2D eigenvalue weighted by Gasteiger charge is 2.18. The number of carbonyl (C=O) groups excluding carboxylic acids is 1. The molecule has 7 heteroatoms. The van der Waals surface area contributed by atoms with E-state index in [0.29, 0.717) is 5.69 Å². The molecule has 1 N–H and O–H groups in total. The highest BCUT2D eigenvalue weighted by atomic mass is 32.1. The normalized spacial score (nSPS) is 12.1. The van der Waals surface area contributed by atoms with E-state index in [2.05, 4.69) is 20.3 Å². The van der Waals surface area contributed by atoms with Crippen molar-refractivity contribution in [3.8, 4) is 10.7 Å². The Bertz CT molecular complexity index is 826.